The van der Waals surface area contributed by atoms with E-state index >= 15 is 0 Å². The van der Waals surface area contributed by atoms with Gasteiger partial charge in [0, 0.05) is 24.2 Å². The van der Waals surface area contributed by atoms with E-state index in [1.54, 1.807) is 159 Å². The number of hydrogen-bond acceptors (Lipinski definition) is 3. The average molecular weight is 757 g/mol. The predicted octanol–water partition coefficient (Wildman–Crippen LogP) is 13.7. The van der Waals surface area contributed by atoms with Gasteiger partial charge in [0.25, 0.3) is 0 Å². The number of nitroso groups, excluding NO2 is 1. The largest absolute Gasteiger partial charge is 0.307 e. The van der Waals surface area contributed by atoms with Gasteiger partial charge in [-0.1, -0.05) is 131 Å². The molecule has 0 N–H and O–H groups in total. The van der Waals surface area contributed by atoms with Gasteiger partial charge in [0.15, 0.2) is 0 Å². The van der Waals surface area contributed by atoms with Crippen molar-refractivity contribution in [2.45, 2.75) is 227 Å². The molecule has 0 aliphatic heterocycles. The summed E-state index contributed by atoms with van der Waals surface area (Å²) in [5, 5.41) is 0. The van der Waals surface area contributed by atoms with Crippen LogP contribution in [-0.2, 0) is 24.3 Å². The van der Waals surface area contributed by atoms with Crippen LogP contribution in [0, 0.1) is 4.91 Å². The molecule has 0 aromatic heterocycles. The van der Waals surface area contributed by atoms with Crippen LogP contribution in [0.2, 0.25) is 0 Å². The molecule has 6 rings (SSSR count). The molecule has 6 aliphatic carbocycles. The van der Waals surface area contributed by atoms with Gasteiger partial charge in [0.05, 0.1) is 11.8 Å². The number of halogens is 1. The zero-order valence-corrected chi connectivity index (χ0v) is 32.6. The SMILES string of the molecule is C1CCC(P(C2CCCCC2)C2CCCCC2)CC1.C1CCC(P(C2CCCCC2)C2CCCCC2)CC1.C=O.O=NCl.[Ru]. The molecule has 0 saturated heterocycles. The fraction of sp³-hybridized carbons (Fsp3) is 0.973. The summed E-state index contributed by atoms with van der Waals surface area (Å²) in [6, 6.07) is 0. The Hall–Kier alpha value is 1.04. The Morgan fingerprint density at radius 3 is 0.591 bits per heavy atom. The molecule has 0 aromatic rings. The van der Waals surface area contributed by atoms with Crippen LogP contribution < -0.4 is 0 Å². The number of nitrogens with zero attached hydrogens (tertiary/aromatic N) is 1. The first-order valence-corrected chi connectivity index (χ1v) is 22.5. The topological polar surface area (TPSA) is 46.5 Å². The minimum Gasteiger partial charge on any atom is -0.307 e. The first-order valence-electron chi connectivity index (χ1n) is 19.1. The van der Waals surface area contributed by atoms with Crippen LogP contribution in [0.4, 0.5) is 0 Å². The van der Waals surface area contributed by atoms with Crippen molar-refractivity contribution in [1.29, 1.82) is 0 Å². The normalized spacial score (nSPS) is 25.3. The molecule has 0 radical (unpaired) electrons. The Balaban J connectivity index is 0.000000263. The number of carbonyl (C=O) groups is 1. The van der Waals surface area contributed by atoms with Crippen molar-refractivity contribution in [3.8, 4) is 0 Å². The first-order chi connectivity index (χ1) is 21.3. The molecule has 6 saturated carbocycles. The van der Waals surface area contributed by atoms with Crippen LogP contribution in [0.15, 0.2) is 4.70 Å². The summed E-state index contributed by atoms with van der Waals surface area (Å²) >= 11 is 4.07. The zero-order chi connectivity index (χ0) is 30.5. The summed E-state index contributed by atoms with van der Waals surface area (Å²) in [7, 11) is 0.770. The first kappa shape index (κ1) is 41.2. The van der Waals surface area contributed by atoms with Gasteiger partial charge in [0.1, 0.15) is 6.79 Å². The minimum atomic E-state index is 0. The van der Waals surface area contributed by atoms with Crippen LogP contribution in [0.3, 0.4) is 0 Å². The molecule has 6 fully saturated rings. The van der Waals surface area contributed by atoms with Crippen LogP contribution in [0.1, 0.15) is 193 Å². The van der Waals surface area contributed by atoms with Gasteiger partial charge in [-0.3, -0.25) is 0 Å². The molecule has 0 heterocycles. The fourth-order valence-electron chi connectivity index (χ4n) is 10.1. The molecule has 0 amide bonds. The molecule has 0 bridgehead atoms. The smallest absolute Gasteiger partial charge is 0.106 e. The summed E-state index contributed by atoms with van der Waals surface area (Å²) in [4.78, 5) is 16.3. The summed E-state index contributed by atoms with van der Waals surface area (Å²) in [5.74, 6) is 0. The average Bonchev–Trinajstić information content (AvgIpc) is 3.10. The van der Waals surface area contributed by atoms with E-state index in [-0.39, 0.29) is 19.5 Å². The van der Waals surface area contributed by atoms with Crippen molar-refractivity contribution < 1.29 is 24.3 Å². The van der Waals surface area contributed by atoms with Crippen molar-refractivity contribution in [3.05, 3.63) is 4.91 Å². The van der Waals surface area contributed by atoms with E-state index in [4.69, 9.17) is 9.70 Å². The Kier molecular flexibility index (Phi) is 24.3. The monoisotopic (exact) mass is 757 g/mol. The van der Waals surface area contributed by atoms with Gasteiger partial charge in [-0.2, -0.15) is 0 Å². The van der Waals surface area contributed by atoms with E-state index in [0.29, 0.717) is 15.8 Å². The van der Waals surface area contributed by atoms with Gasteiger partial charge in [-0.15, -0.1) is 4.91 Å². The maximum atomic E-state index is 8.32. The second-order valence-electron chi connectivity index (χ2n) is 14.7. The molecule has 3 nitrogen and oxygen atoms in total. The van der Waals surface area contributed by atoms with Gasteiger partial charge < -0.3 is 4.79 Å². The van der Waals surface area contributed by atoms with E-state index in [0.717, 1.165) is 0 Å². The minimum absolute atomic E-state index is 0. The third-order valence-electron chi connectivity index (χ3n) is 12.0. The van der Waals surface area contributed by atoms with E-state index in [1.165, 1.54) is 72.5 Å². The van der Waals surface area contributed by atoms with E-state index < -0.39 is 0 Å². The number of rotatable bonds is 6. The van der Waals surface area contributed by atoms with Crippen molar-refractivity contribution in [3.63, 3.8) is 0 Å². The summed E-state index contributed by atoms with van der Waals surface area (Å²) in [5.41, 5.74) is 7.14. The summed E-state index contributed by atoms with van der Waals surface area (Å²) in [6.45, 7) is 2.00. The summed E-state index contributed by atoms with van der Waals surface area (Å²) < 4.78 is 1.72. The quantitative estimate of drug-likeness (QED) is 0.154. The van der Waals surface area contributed by atoms with Gasteiger partial charge >= 0.3 is 0 Å². The van der Waals surface area contributed by atoms with E-state index in [1.807, 2.05) is 6.79 Å². The second kappa shape index (κ2) is 26.0. The summed E-state index contributed by atoms with van der Waals surface area (Å²) in [6.07, 6.45) is 47.2. The molecule has 0 unspecified atom stereocenters. The third kappa shape index (κ3) is 14.3. The van der Waals surface area contributed by atoms with Gasteiger partial charge in [0.2, 0.25) is 0 Å². The molecular formula is C37H68ClNO2P2Ru. The van der Waals surface area contributed by atoms with Crippen LogP contribution >= 0.6 is 27.6 Å². The number of hydrogen-bond donors (Lipinski definition) is 0. The maximum Gasteiger partial charge on any atom is 0.106 e. The van der Waals surface area contributed by atoms with Crippen molar-refractivity contribution >= 4 is 34.4 Å². The molecule has 0 atom stereocenters. The third-order valence-corrected chi connectivity index (χ3v) is 20.1. The van der Waals surface area contributed by atoms with Crippen molar-refractivity contribution in [1.82, 2.24) is 0 Å². The molecular weight excluding hydrogens is 689 g/mol. The predicted molar refractivity (Wildman–Crippen MR) is 194 cm³/mol. The molecule has 258 valence electrons. The van der Waals surface area contributed by atoms with Gasteiger partial charge in [-0.05, 0) is 111 Å². The number of carbonyl (C=O) groups excluding carboxylic acids is 1. The van der Waals surface area contributed by atoms with Crippen molar-refractivity contribution in [2.24, 2.45) is 4.70 Å². The van der Waals surface area contributed by atoms with Crippen LogP contribution in [0.25, 0.3) is 0 Å². The molecule has 44 heavy (non-hydrogen) atoms. The van der Waals surface area contributed by atoms with Crippen molar-refractivity contribution in [2.75, 3.05) is 0 Å². The van der Waals surface area contributed by atoms with E-state index in [2.05, 4.69) is 11.8 Å². The second-order valence-corrected chi connectivity index (χ2v) is 21.0. The Morgan fingerprint density at radius 2 is 0.477 bits per heavy atom. The van der Waals surface area contributed by atoms with E-state index in [9.17, 15) is 0 Å². The zero-order valence-electron chi connectivity index (χ0n) is 28.3. The Morgan fingerprint density at radius 1 is 0.364 bits per heavy atom. The maximum absolute atomic E-state index is 8.32. The van der Waals surface area contributed by atoms with Crippen LogP contribution in [-0.4, -0.2) is 40.7 Å². The molecule has 6 aliphatic rings. The molecule has 0 spiro atoms. The standard InChI is InChI=1S/2C18H33P.CH2O.ClNO.Ru/c2*1-4-10-16(11-5-1)19(17-12-6-2-7-13-17)18-14-8-3-9-15-18;1-2;1-2-3;/h2*16-18H,1-15H2;1H2;;. The Bertz CT molecular complexity index is 545. The molecule has 7 heteroatoms. The van der Waals surface area contributed by atoms with Gasteiger partial charge in [-0.25, -0.2) is 0 Å². The molecule has 0 aromatic carbocycles. The fourth-order valence-corrected chi connectivity index (χ4v) is 19.4. The Labute approximate surface area is 293 Å². The van der Waals surface area contributed by atoms with Crippen LogP contribution in [0.5, 0.6) is 0 Å².